The molecule has 92 valence electrons. The zero-order chi connectivity index (χ0) is 12.3. The number of Topliss-reactive ketones (excluding diaryl/α,β-unsaturated/α-hetero) is 1. The van der Waals surface area contributed by atoms with Crippen molar-refractivity contribution >= 4 is 5.78 Å². The monoisotopic (exact) mass is 233 g/mol. The van der Waals surface area contributed by atoms with Crippen LogP contribution in [0.2, 0.25) is 0 Å². The summed E-state index contributed by atoms with van der Waals surface area (Å²) in [5.41, 5.74) is 0.676. The highest BCUT2D eigenvalue weighted by molar-refractivity contribution is 6.02. The van der Waals surface area contributed by atoms with Gasteiger partial charge in [-0.2, -0.15) is 0 Å². The van der Waals surface area contributed by atoms with Gasteiger partial charge in [0.05, 0.1) is 18.2 Å². The zero-order valence-corrected chi connectivity index (χ0v) is 10.4. The molecular formula is C14H19NO2. The number of hydrogen-bond acceptors (Lipinski definition) is 3. The Morgan fingerprint density at radius 1 is 1.47 bits per heavy atom. The molecule has 1 atom stereocenters. The summed E-state index contributed by atoms with van der Waals surface area (Å²) in [5.74, 6) is 0.797. The third-order valence-electron chi connectivity index (χ3n) is 2.91. The normalized spacial score (nSPS) is 16.6. The summed E-state index contributed by atoms with van der Waals surface area (Å²) in [5, 5.41) is 3.32. The predicted molar refractivity (Wildman–Crippen MR) is 67.6 cm³/mol. The van der Waals surface area contributed by atoms with Gasteiger partial charge in [-0.05, 0) is 38.8 Å². The van der Waals surface area contributed by atoms with Crippen molar-refractivity contribution < 1.29 is 9.53 Å². The van der Waals surface area contributed by atoms with Gasteiger partial charge in [-0.25, -0.2) is 0 Å². The van der Waals surface area contributed by atoms with E-state index in [1.165, 1.54) is 12.8 Å². The first-order valence-corrected chi connectivity index (χ1v) is 6.24. The van der Waals surface area contributed by atoms with Crippen molar-refractivity contribution in [2.45, 2.75) is 38.8 Å². The largest absolute Gasteiger partial charge is 0.493 e. The highest BCUT2D eigenvalue weighted by Crippen LogP contribution is 2.23. The van der Waals surface area contributed by atoms with Crippen LogP contribution < -0.4 is 10.1 Å². The molecule has 1 aliphatic carbocycles. The molecule has 1 fully saturated rings. The molecule has 0 heterocycles. The van der Waals surface area contributed by atoms with Gasteiger partial charge in [-0.1, -0.05) is 12.1 Å². The van der Waals surface area contributed by atoms with E-state index in [1.54, 1.807) is 0 Å². The lowest BCUT2D eigenvalue weighted by atomic mass is 10.0. The Labute approximate surface area is 102 Å². The van der Waals surface area contributed by atoms with E-state index in [4.69, 9.17) is 4.74 Å². The lowest BCUT2D eigenvalue weighted by molar-refractivity contribution is 0.0946. The molecule has 0 aromatic heterocycles. The van der Waals surface area contributed by atoms with Crippen molar-refractivity contribution in [2.24, 2.45) is 0 Å². The molecule has 3 nitrogen and oxygen atoms in total. The number of nitrogens with one attached hydrogen (secondary N) is 1. The lowest BCUT2D eigenvalue weighted by Gasteiger charge is -2.14. The molecule has 0 saturated heterocycles. The average molecular weight is 233 g/mol. The number of benzene rings is 1. The minimum Gasteiger partial charge on any atom is -0.493 e. The second kappa shape index (κ2) is 5.32. The summed E-state index contributed by atoms with van der Waals surface area (Å²) in [6, 6.07) is 7.84. The van der Waals surface area contributed by atoms with Crippen LogP contribution in [0, 0.1) is 0 Å². The number of carbonyl (C=O) groups is 1. The summed E-state index contributed by atoms with van der Waals surface area (Å²) in [6.45, 7) is 4.42. The van der Waals surface area contributed by atoms with E-state index in [0.29, 0.717) is 24.0 Å². The molecule has 0 aliphatic heterocycles. The van der Waals surface area contributed by atoms with Crippen LogP contribution in [0.25, 0.3) is 0 Å². The van der Waals surface area contributed by atoms with Crippen molar-refractivity contribution in [3.63, 3.8) is 0 Å². The van der Waals surface area contributed by atoms with E-state index in [1.807, 2.05) is 38.1 Å². The topological polar surface area (TPSA) is 38.3 Å². The number of rotatable bonds is 6. The fraction of sp³-hybridized carbons (Fsp3) is 0.500. The van der Waals surface area contributed by atoms with Crippen molar-refractivity contribution in [1.82, 2.24) is 5.32 Å². The molecule has 3 heteroatoms. The molecule has 0 radical (unpaired) electrons. The van der Waals surface area contributed by atoms with Gasteiger partial charge in [0.25, 0.3) is 0 Å². The predicted octanol–water partition coefficient (Wildman–Crippen LogP) is 2.41. The van der Waals surface area contributed by atoms with Gasteiger partial charge in [0.1, 0.15) is 5.75 Å². The van der Waals surface area contributed by atoms with Gasteiger partial charge in [-0.15, -0.1) is 0 Å². The Kier molecular flexibility index (Phi) is 3.79. The van der Waals surface area contributed by atoms with Crippen molar-refractivity contribution in [1.29, 1.82) is 0 Å². The molecular weight excluding hydrogens is 214 g/mol. The molecule has 1 aromatic carbocycles. The Balaban J connectivity index is 2.10. The summed E-state index contributed by atoms with van der Waals surface area (Å²) in [7, 11) is 0. The standard InChI is InChI=1S/C14H19NO2/c1-3-17-13-7-5-4-6-12(13)14(16)10(2)15-11-8-9-11/h4-7,10-11,15H,3,8-9H2,1-2H3. The Hall–Kier alpha value is -1.35. The lowest BCUT2D eigenvalue weighted by Crippen LogP contribution is -2.35. The first kappa shape index (κ1) is 12.1. The van der Waals surface area contributed by atoms with Gasteiger partial charge in [0, 0.05) is 6.04 Å². The van der Waals surface area contributed by atoms with Crippen LogP contribution >= 0.6 is 0 Å². The third-order valence-corrected chi connectivity index (χ3v) is 2.91. The summed E-state index contributed by atoms with van der Waals surface area (Å²) in [4.78, 5) is 12.3. The van der Waals surface area contributed by atoms with E-state index in [-0.39, 0.29) is 11.8 Å². The summed E-state index contributed by atoms with van der Waals surface area (Å²) >= 11 is 0. The van der Waals surface area contributed by atoms with Crippen LogP contribution in [0.5, 0.6) is 5.75 Å². The first-order chi connectivity index (χ1) is 8.22. The molecule has 1 unspecified atom stereocenters. The van der Waals surface area contributed by atoms with Gasteiger partial charge < -0.3 is 10.1 Å². The molecule has 0 bridgehead atoms. The van der Waals surface area contributed by atoms with Crippen molar-refractivity contribution in [2.75, 3.05) is 6.61 Å². The minimum atomic E-state index is -0.135. The second-order valence-corrected chi connectivity index (χ2v) is 4.46. The van der Waals surface area contributed by atoms with Crippen LogP contribution in [-0.4, -0.2) is 24.5 Å². The number of ether oxygens (including phenoxy) is 1. The average Bonchev–Trinajstić information content (AvgIpc) is 3.13. The zero-order valence-electron chi connectivity index (χ0n) is 10.4. The van der Waals surface area contributed by atoms with Gasteiger partial charge in [-0.3, -0.25) is 4.79 Å². The Bertz CT molecular complexity index is 399. The number of hydrogen-bond donors (Lipinski definition) is 1. The van der Waals surface area contributed by atoms with E-state index in [0.717, 1.165) is 0 Å². The molecule has 1 aromatic rings. The maximum Gasteiger partial charge on any atom is 0.183 e. The SMILES string of the molecule is CCOc1ccccc1C(=O)C(C)NC1CC1. The summed E-state index contributed by atoms with van der Waals surface area (Å²) in [6.07, 6.45) is 2.37. The number of carbonyl (C=O) groups excluding carboxylic acids is 1. The van der Waals surface area contributed by atoms with Crippen LogP contribution in [0.3, 0.4) is 0 Å². The molecule has 2 rings (SSSR count). The highest BCUT2D eigenvalue weighted by atomic mass is 16.5. The maximum absolute atomic E-state index is 12.3. The molecule has 1 N–H and O–H groups in total. The molecule has 17 heavy (non-hydrogen) atoms. The molecule has 0 spiro atoms. The van der Waals surface area contributed by atoms with Gasteiger partial charge >= 0.3 is 0 Å². The van der Waals surface area contributed by atoms with Crippen LogP contribution in [0.15, 0.2) is 24.3 Å². The molecule has 0 amide bonds. The van der Waals surface area contributed by atoms with E-state index >= 15 is 0 Å². The quantitative estimate of drug-likeness (QED) is 0.767. The smallest absolute Gasteiger partial charge is 0.183 e. The van der Waals surface area contributed by atoms with Gasteiger partial charge in [0.15, 0.2) is 5.78 Å². The summed E-state index contributed by atoms with van der Waals surface area (Å²) < 4.78 is 5.48. The molecule has 1 saturated carbocycles. The molecule has 1 aliphatic rings. The van der Waals surface area contributed by atoms with E-state index < -0.39 is 0 Å². The van der Waals surface area contributed by atoms with Crippen LogP contribution in [0.4, 0.5) is 0 Å². The number of para-hydroxylation sites is 1. The van der Waals surface area contributed by atoms with E-state index in [9.17, 15) is 4.79 Å². The third kappa shape index (κ3) is 3.07. The van der Waals surface area contributed by atoms with Crippen molar-refractivity contribution in [3.05, 3.63) is 29.8 Å². The van der Waals surface area contributed by atoms with Crippen LogP contribution in [-0.2, 0) is 0 Å². The first-order valence-electron chi connectivity index (χ1n) is 6.24. The minimum absolute atomic E-state index is 0.112. The second-order valence-electron chi connectivity index (χ2n) is 4.46. The van der Waals surface area contributed by atoms with Crippen molar-refractivity contribution in [3.8, 4) is 5.75 Å². The Morgan fingerprint density at radius 2 is 2.18 bits per heavy atom. The maximum atomic E-state index is 12.3. The van der Waals surface area contributed by atoms with Gasteiger partial charge in [0.2, 0.25) is 0 Å². The highest BCUT2D eigenvalue weighted by Gasteiger charge is 2.27. The fourth-order valence-electron chi connectivity index (χ4n) is 1.86. The van der Waals surface area contributed by atoms with Crippen LogP contribution in [0.1, 0.15) is 37.0 Å². The Morgan fingerprint density at radius 3 is 2.82 bits per heavy atom. The fourth-order valence-corrected chi connectivity index (χ4v) is 1.86. The number of ketones is 1. The van der Waals surface area contributed by atoms with E-state index in [2.05, 4.69) is 5.32 Å².